The first kappa shape index (κ1) is 13.6. The van der Waals surface area contributed by atoms with Crippen LogP contribution in [0, 0.1) is 16.0 Å². The summed E-state index contributed by atoms with van der Waals surface area (Å²) >= 11 is 0. The zero-order chi connectivity index (χ0) is 13.1. The van der Waals surface area contributed by atoms with E-state index >= 15 is 0 Å². The summed E-state index contributed by atoms with van der Waals surface area (Å²) in [6, 6.07) is 0. The van der Waals surface area contributed by atoms with Crippen LogP contribution in [0.1, 0.15) is 27.7 Å². The summed E-state index contributed by atoms with van der Waals surface area (Å²) in [5.41, 5.74) is 0.0720. The van der Waals surface area contributed by atoms with Crippen LogP contribution in [0.3, 0.4) is 0 Å². The fraction of sp³-hybridized carbons (Fsp3) is 0.800. The lowest BCUT2D eigenvalue weighted by molar-refractivity contribution is -0.394. The van der Waals surface area contributed by atoms with Gasteiger partial charge in [-0.1, -0.05) is 11.9 Å². The largest absolute Gasteiger partial charge is 0.490 e. The second-order valence-electron chi connectivity index (χ2n) is 5.26. The SMILES string of the molecule is CC(CNC(C)(C)C)Cn1cnc([N+](=O)[O-])n1. The minimum absolute atomic E-state index is 0.0720. The molecule has 1 N–H and O–H groups in total. The molecule has 7 nitrogen and oxygen atoms in total. The van der Waals surface area contributed by atoms with Crippen molar-refractivity contribution in [3.63, 3.8) is 0 Å². The lowest BCUT2D eigenvalue weighted by atomic mass is 10.1. The highest BCUT2D eigenvalue weighted by Gasteiger charge is 2.16. The van der Waals surface area contributed by atoms with E-state index in [1.54, 1.807) is 0 Å². The first-order valence-electron chi connectivity index (χ1n) is 5.57. The number of aromatic nitrogens is 3. The van der Waals surface area contributed by atoms with Crippen molar-refractivity contribution in [3.8, 4) is 0 Å². The van der Waals surface area contributed by atoms with Gasteiger partial charge in [-0.3, -0.25) is 0 Å². The Labute approximate surface area is 100 Å². The number of hydrogen-bond donors (Lipinski definition) is 1. The van der Waals surface area contributed by atoms with Crippen LogP contribution in [0.2, 0.25) is 0 Å². The van der Waals surface area contributed by atoms with E-state index < -0.39 is 4.92 Å². The first-order chi connectivity index (χ1) is 7.78. The molecular formula is C10H19N5O2. The van der Waals surface area contributed by atoms with Gasteiger partial charge in [-0.05, 0) is 38.2 Å². The van der Waals surface area contributed by atoms with E-state index in [1.807, 2.05) is 0 Å². The van der Waals surface area contributed by atoms with E-state index in [0.29, 0.717) is 12.5 Å². The van der Waals surface area contributed by atoms with Crippen LogP contribution in [0.4, 0.5) is 5.95 Å². The Balaban J connectivity index is 2.45. The van der Waals surface area contributed by atoms with Crippen molar-refractivity contribution in [1.29, 1.82) is 0 Å². The number of hydrogen-bond acceptors (Lipinski definition) is 5. The van der Waals surface area contributed by atoms with Crippen LogP contribution in [0.25, 0.3) is 0 Å². The second-order valence-corrected chi connectivity index (χ2v) is 5.26. The topological polar surface area (TPSA) is 85.9 Å². The third-order valence-electron chi connectivity index (χ3n) is 2.17. The maximum atomic E-state index is 10.4. The molecule has 1 atom stereocenters. The second kappa shape index (κ2) is 5.22. The van der Waals surface area contributed by atoms with Gasteiger partial charge in [0.15, 0.2) is 0 Å². The average Bonchev–Trinajstić information content (AvgIpc) is 2.62. The molecule has 0 aliphatic rings. The number of rotatable bonds is 5. The average molecular weight is 241 g/mol. The summed E-state index contributed by atoms with van der Waals surface area (Å²) in [7, 11) is 0. The van der Waals surface area contributed by atoms with Gasteiger partial charge in [0.1, 0.15) is 0 Å². The monoisotopic (exact) mass is 241 g/mol. The quantitative estimate of drug-likeness (QED) is 0.618. The molecule has 0 saturated heterocycles. The van der Waals surface area contributed by atoms with Crippen LogP contribution in [0.15, 0.2) is 6.33 Å². The van der Waals surface area contributed by atoms with Gasteiger partial charge in [0.25, 0.3) is 0 Å². The molecule has 0 radical (unpaired) electrons. The molecule has 0 saturated carbocycles. The molecule has 1 aromatic heterocycles. The summed E-state index contributed by atoms with van der Waals surface area (Å²) < 4.78 is 1.51. The molecule has 1 aromatic rings. The van der Waals surface area contributed by atoms with E-state index in [1.165, 1.54) is 11.0 Å². The summed E-state index contributed by atoms with van der Waals surface area (Å²) in [5.74, 6) is -0.0171. The van der Waals surface area contributed by atoms with Crippen LogP contribution < -0.4 is 5.32 Å². The van der Waals surface area contributed by atoms with Gasteiger partial charge in [0, 0.05) is 10.6 Å². The normalized spacial score (nSPS) is 13.6. The fourth-order valence-electron chi connectivity index (χ4n) is 1.32. The molecule has 7 heteroatoms. The van der Waals surface area contributed by atoms with Crippen molar-refractivity contribution in [3.05, 3.63) is 16.4 Å². The zero-order valence-corrected chi connectivity index (χ0v) is 10.7. The highest BCUT2D eigenvalue weighted by Crippen LogP contribution is 2.05. The Morgan fingerprint density at radius 1 is 1.59 bits per heavy atom. The number of nitrogens with one attached hydrogen (secondary N) is 1. The lowest BCUT2D eigenvalue weighted by Crippen LogP contribution is -2.39. The Kier molecular flexibility index (Phi) is 4.17. The predicted molar refractivity (Wildman–Crippen MR) is 63.6 cm³/mol. The van der Waals surface area contributed by atoms with Gasteiger partial charge in [-0.15, -0.1) is 0 Å². The molecule has 1 heterocycles. The minimum Gasteiger partial charge on any atom is -0.390 e. The molecule has 0 bridgehead atoms. The van der Waals surface area contributed by atoms with Gasteiger partial charge in [-0.2, -0.15) is 4.68 Å². The van der Waals surface area contributed by atoms with Crippen molar-refractivity contribution in [2.45, 2.75) is 39.8 Å². The molecule has 0 aliphatic carbocycles. The van der Waals surface area contributed by atoms with Gasteiger partial charge in [0.2, 0.25) is 6.33 Å². The summed E-state index contributed by atoms with van der Waals surface area (Å²) in [4.78, 5) is 13.4. The maximum absolute atomic E-state index is 10.4. The summed E-state index contributed by atoms with van der Waals surface area (Å²) in [5, 5.41) is 17.6. The highest BCUT2D eigenvalue weighted by molar-refractivity contribution is 4.96. The smallest absolute Gasteiger partial charge is 0.390 e. The van der Waals surface area contributed by atoms with Crippen molar-refractivity contribution >= 4 is 5.95 Å². The lowest BCUT2D eigenvalue weighted by Gasteiger charge is -2.22. The van der Waals surface area contributed by atoms with Crippen LogP contribution >= 0.6 is 0 Å². The maximum Gasteiger partial charge on any atom is 0.490 e. The number of nitro groups is 1. The first-order valence-corrected chi connectivity index (χ1v) is 5.57. The molecule has 0 spiro atoms. The van der Waals surface area contributed by atoms with Gasteiger partial charge in [0.05, 0.1) is 6.54 Å². The molecule has 17 heavy (non-hydrogen) atoms. The fourth-order valence-corrected chi connectivity index (χ4v) is 1.32. The van der Waals surface area contributed by atoms with Gasteiger partial charge >= 0.3 is 5.95 Å². The predicted octanol–water partition coefficient (Wildman–Crippen LogP) is 1.21. The third kappa shape index (κ3) is 4.90. The van der Waals surface area contributed by atoms with E-state index in [2.05, 4.69) is 43.1 Å². The molecule has 0 aliphatic heterocycles. The molecule has 1 rings (SSSR count). The zero-order valence-electron chi connectivity index (χ0n) is 10.7. The Morgan fingerprint density at radius 3 is 2.71 bits per heavy atom. The van der Waals surface area contributed by atoms with Gasteiger partial charge < -0.3 is 15.4 Å². The van der Waals surface area contributed by atoms with Gasteiger partial charge in [-0.25, -0.2) is 0 Å². The van der Waals surface area contributed by atoms with Crippen molar-refractivity contribution < 1.29 is 4.92 Å². The Hall–Kier alpha value is -1.50. The molecule has 0 amide bonds. The molecular weight excluding hydrogens is 222 g/mol. The van der Waals surface area contributed by atoms with E-state index in [4.69, 9.17) is 0 Å². The Morgan fingerprint density at radius 2 is 2.24 bits per heavy atom. The van der Waals surface area contributed by atoms with Crippen molar-refractivity contribution in [1.82, 2.24) is 20.1 Å². The summed E-state index contributed by atoms with van der Waals surface area (Å²) in [6.45, 7) is 9.80. The van der Waals surface area contributed by atoms with E-state index in [0.717, 1.165) is 6.54 Å². The van der Waals surface area contributed by atoms with Crippen molar-refractivity contribution in [2.75, 3.05) is 6.54 Å². The standard InChI is InChI=1S/C10H19N5O2/c1-8(5-12-10(2,3)4)6-14-7-11-9(13-14)15(16)17/h7-8,12H,5-6H2,1-4H3. The van der Waals surface area contributed by atoms with E-state index in [9.17, 15) is 10.1 Å². The summed E-state index contributed by atoms with van der Waals surface area (Å²) in [6.07, 6.45) is 1.39. The Bertz CT molecular complexity index is 382. The highest BCUT2D eigenvalue weighted by atomic mass is 16.6. The van der Waals surface area contributed by atoms with Crippen LogP contribution in [-0.4, -0.2) is 31.8 Å². The third-order valence-corrected chi connectivity index (χ3v) is 2.17. The van der Waals surface area contributed by atoms with E-state index in [-0.39, 0.29) is 11.5 Å². The number of nitrogens with zero attached hydrogens (tertiary/aromatic N) is 4. The molecule has 1 unspecified atom stereocenters. The van der Waals surface area contributed by atoms with Crippen LogP contribution in [-0.2, 0) is 6.54 Å². The molecule has 0 fully saturated rings. The van der Waals surface area contributed by atoms with Crippen LogP contribution in [0.5, 0.6) is 0 Å². The molecule has 0 aromatic carbocycles. The minimum atomic E-state index is -0.589. The molecule has 96 valence electrons. The van der Waals surface area contributed by atoms with Crippen molar-refractivity contribution in [2.24, 2.45) is 5.92 Å².